The number of aryl methyl sites for hydroxylation is 1. The van der Waals surface area contributed by atoms with Crippen LogP contribution in [0.1, 0.15) is 39.3 Å². The van der Waals surface area contributed by atoms with Crippen LogP contribution < -0.4 is 0 Å². The summed E-state index contributed by atoms with van der Waals surface area (Å²) in [7, 11) is 0. The molecule has 0 radical (unpaired) electrons. The molecule has 0 spiro atoms. The van der Waals surface area contributed by atoms with E-state index in [9.17, 15) is 0 Å². The molecule has 2 heterocycles. The summed E-state index contributed by atoms with van der Waals surface area (Å²) in [5, 5.41) is 11.0. The van der Waals surface area contributed by atoms with Crippen LogP contribution in [0.25, 0.3) is 10.9 Å². The van der Waals surface area contributed by atoms with E-state index < -0.39 is 0 Å². The van der Waals surface area contributed by atoms with Crippen molar-refractivity contribution in [2.75, 3.05) is 0 Å². The zero-order valence-electron chi connectivity index (χ0n) is 12.0. The zero-order chi connectivity index (χ0) is 15.2. The maximum absolute atomic E-state index is 8.12. The molecule has 0 amide bonds. The summed E-state index contributed by atoms with van der Waals surface area (Å²) in [6.45, 7) is 8.53. The highest BCUT2D eigenvalue weighted by molar-refractivity contribution is 7.13. The van der Waals surface area contributed by atoms with Crippen molar-refractivity contribution < 1.29 is 14.0 Å². The van der Waals surface area contributed by atoms with Crippen LogP contribution >= 0.6 is 11.3 Å². The van der Waals surface area contributed by atoms with Gasteiger partial charge >= 0.3 is 6.15 Å². The van der Waals surface area contributed by atoms with E-state index in [4.69, 9.17) is 14.0 Å². The minimum Gasteiger partial charge on any atom is -0.419 e. The van der Waals surface area contributed by atoms with Gasteiger partial charge in [0.2, 0.25) is 5.89 Å². The van der Waals surface area contributed by atoms with Gasteiger partial charge in [0.15, 0.2) is 5.01 Å². The third-order valence-electron chi connectivity index (χ3n) is 2.25. The van der Waals surface area contributed by atoms with Crippen LogP contribution in [0.2, 0.25) is 0 Å². The van der Waals surface area contributed by atoms with Crippen LogP contribution in [-0.2, 0) is 22.4 Å². The molecule has 6 nitrogen and oxygen atoms in total. The van der Waals surface area contributed by atoms with E-state index in [0.717, 1.165) is 23.5 Å². The van der Waals surface area contributed by atoms with E-state index in [2.05, 4.69) is 42.9 Å². The van der Waals surface area contributed by atoms with Crippen LogP contribution in [0, 0.1) is 5.41 Å². The molecule has 2 aromatic heterocycles. The standard InChI is InChI=1S/C12H17N3OS.CO2/c1-5-8-7-17-11(13-8)10-15-14-9(16-10)6-12(2,3)4;2-1-3/h7H,5-6H2,1-4H3;. The van der Waals surface area contributed by atoms with Gasteiger partial charge in [0, 0.05) is 11.8 Å². The number of nitrogens with zero attached hydrogens (tertiary/aromatic N) is 3. The van der Waals surface area contributed by atoms with Crippen molar-refractivity contribution in [2.45, 2.75) is 40.5 Å². The summed E-state index contributed by atoms with van der Waals surface area (Å²) in [6.07, 6.45) is 1.96. The third-order valence-corrected chi connectivity index (χ3v) is 3.12. The first-order valence-corrected chi connectivity index (χ1v) is 7.04. The molecule has 0 aliphatic heterocycles. The molecule has 2 aromatic rings. The molecule has 0 atom stereocenters. The van der Waals surface area contributed by atoms with Gasteiger partial charge in [0.05, 0.1) is 5.69 Å². The van der Waals surface area contributed by atoms with Crippen LogP contribution in [0.4, 0.5) is 0 Å². The lowest BCUT2D eigenvalue weighted by molar-refractivity contribution is -0.191. The predicted molar refractivity (Wildman–Crippen MR) is 73.0 cm³/mol. The lowest BCUT2D eigenvalue weighted by Gasteiger charge is -2.14. The lowest BCUT2D eigenvalue weighted by Crippen LogP contribution is -2.09. The fourth-order valence-electron chi connectivity index (χ4n) is 1.43. The quantitative estimate of drug-likeness (QED) is 0.865. The van der Waals surface area contributed by atoms with Gasteiger partial charge in [-0.25, -0.2) is 4.98 Å². The van der Waals surface area contributed by atoms with Crippen molar-refractivity contribution in [1.29, 1.82) is 0 Å². The maximum Gasteiger partial charge on any atom is 0.373 e. The number of rotatable bonds is 3. The highest BCUT2D eigenvalue weighted by Gasteiger charge is 2.18. The predicted octanol–water partition coefficient (Wildman–Crippen LogP) is 2.76. The Hall–Kier alpha value is -1.85. The molecule has 0 fully saturated rings. The van der Waals surface area contributed by atoms with E-state index in [1.807, 2.05) is 5.38 Å². The molecule has 0 N–H and O–H groups in total. The SMILES string of the molecule is CCc1csc(-c2nnc(CC(C)(C)C)o2)n1.O=C=O. The molecule has 0 saturated carbocycles. The Morgan fingerprint density at radius 3 is 2.45 bits per heavy atom. The normalized spacial score (nSPS) is 10.6. The molecule has 0 saturated heterocycles. The topological polar surface area (TPSA) is 85.9 Å². The van der Waals surface area contributed by atoms with E-state index in [1.54, 1.807) is 11.3 Å². The van der Waals surface area contributed by atoms with Gasteiger partial charge in [-0.1, -0.05) is 27.7 Å². The first kappa shape index (κ1) is 16.2. The van der Waals surface area contributed by atoms with E-state index in [-0.39, 0.29) is 11.6 Å². The number of aromatic nitrogens is 3. The van der Waals surface area contributed by atoms with Gasteiger partial charge in [-0.05, 0) is 11.8 Å². The van der Waals surface area contributed by atoms with Gasteiger partial charge in [-0.15, -0.1) is 21.5 Å². The first-order chi connectivity index (χ1) is 9.39. The average molecular weight is 295 g/mol. The van der Waals surface area contributed by atoms with Crippen LogP contribution in [0.5, 0.6) is 0 Å². The van der Waals surface area contributed by atoms with Crippen molar-refractivity contribution in [1.82, 2.24) is 15.2 Å². The molecule has 108 valence electrons. The Kier molecular flexibility index (Phi) is 5.73. The lowest BCUT2D eigenvalue weighted by atomic mass is 9.92. The fourth-order valence-corrected chi connectivity index (χ4v) is 2.25. The smallest absolute Gasteiger partial charge is 0.373 e. The van der Waals surface area contributed by atoms with Gasteiger partial charge < -0.3 is 4.42 Å². The van der Waals surface area contributed by atoms with Crippen molar-refractivity contribution in [3.05, 3.63) is 17.0 Å². The zero-order valence-corrected chi connectivity index (χ0v) is 12.8. The van der Waals surface area contributed by atoms with Gasteiger partial charge in [-0.2, -0.15) is 9.59 Å². The Labute approximate surface area is 121 Å². The number of hydrogen-bond donors (Lipinski definition) is 0. The van der Waals surface area contributed by atoms with Crippen molar-refractivity contribution >= 4 is 17.5 Å². The Morgan fingerprint density at radius 1 is 1.30 bits per heavy atom. The molecule has 20 heavy (non-hydrogen) atoms. The van der Waals surface area contributed by atoms with Gasteiger partial charge in [0.1, 0.15) is 0 Å². The second-order valence-electron chi connectivity index (χ2n) is 5.32. The van der Waals surface area contributed by atoms with Gasteiger partial charge in [-0.3, -0.25) is 0 Å². The second kappa shape index (κ2) is 7.07. The van der Waals surface area contributed by atoms with Crippen LogP contribution in [0.3, 0.4) is 0 Å². The summed E-state index contributed by atoms with van der Waals surface area (Å²) in [6, 6.07) is 0. The molecular weight excluding hydrogens is 278 g/mol. The highest BCUT2D eigenvalue weighted by atomic mass is 32.1. The molecule has 0 unspecified atom stereocenters. The fraction of sp³-hybridized carbons (Fsp3) is 0.538. The Bertz CT molecular complexity index is 578. The molecule has 7 heteroatoms. The minimum absolute atomic E-state index is 0.154. The molecular formula is C13H17N3O3S. The molecule has 0 bridgehead atoms. The van der Waals surface area contributed by atoms with Crippen LogP contribution in [-0.4, -0.2) is 21.3 Å². The molecule has 0 aliphatic carbocycles. The Balaban J connectivity index is 0.000000612. The average Bonchev–Trinajstić information content (AvgIpc) is 2.95. The summed E-state index contributed by atoms with van der Waals surface area (Å²) in [5.74, 6) is 1.22. The summed E-state index contributed by atoms with van der Waals surface area (Å²) in [4.78, 5) is 20.7. The monoisotopic (exact) mass is 295 g/mol. The van der Waals surface area contributed by atoms with Crippen molar-refractivity contribution in [3.63, 3.8) is 0 Å². The highest BCUT2D eigenvalue weighted by Crippen LogP contribution is 2.25. The third kappa shape index (κ3) is 5.03. The molecule has 0 aromatic carbocycles. The first-order valence-electron chi connectivity index (χ1n) is 6.16. The summed E-state index contributed by atoms with van der Waals surface area (Å²) in [5.41, 5.74) is 1.22. The Morgan fingerprint density at radius 2 is 1.95 bits per heavy atom. The van der Waals surface area contributed by atoms with Crippen LogP contribution in [0.15, 0.2) is 9.80 Å². The number of thiazole rings is 1. The molecule has 2 rings (SSSR count). The summed E-state index contributed by atoms with van der Waals surface area (Å²) < 4.78 is 5.63. The number of carbonyl (C=O) groups excluding carboxylic acids is 2. The minimum atomic E-state index is 0.154. The second-order valence-corrected chi connectivity index (χ2v) is 6.18. The molecule has 0 aliphatic rings. The van der Waals surface area contributed by atoms with Crippen molar-refractivity contribution in [3.8, 4) is 10.9 Å². The summed E-state index contributed by atoms with van der Waals surface area (Å²) >= 11 is 1.55. The largest absolute Gasteiger partial charge is 0.419 e. The maximum atomic E-state index is 8.12. The number of hydrogen-bond acceptors (Lipinski definition) is 7. The van der Waals surface area contributed by atoms with E-state index in [0.29, 0.717) is 11.8 Å². The van der Waals surface area contributed by atoms with E-state index in [1.165, 1.54) is 0 Å². The van der Waals surface area contributed by atoms with Crippen molar-refractivity contribution in [2.24, 2.45) is 5.41 Å². The van der Waals surface area contributed by atoms with E-state index >= 15 is 0 Å². The van der Waals surface area contributed by atoms with Gasteiger partial charge in [0.25, 0.3) is 5.89 Å².